The molecule has 152 valence electrons. The Hall–Kier alpha value is -1.92. The number of Topliss-reactive ketones (excluding diaryl/α,β-unsaturated/α-hetero) is 2. The molecule has 26 heavy (non-hydrogen) atoms. The molecule has 1 saturated carbocycles. The van der Waals surface area contributed by atoms with Crippen molar-refractivity contribution in [1.29, 1.82) is 0 Å². The Morgan fingerprint density at radius 1 is 1.19 bits per heavy atom. The Morgan fingerprint density at radius 2 is 1.73 bits per heavy atom. The third-order valence-corrected chi connectivity index (χ3v) is 4.46. The summed E-state index contributed by atoms with van der Waals surface area (Å²) in [6, 6.07) is -1.07. The minimum absolute atomic E-state index is 0.00817. The number of rotatable bonds is 9. The van der Waals surface area contributed by atoms with E-state index in [0.29, 0.717) is 31.6 Å². The number of nitrogens with two attached hydrogens (primary N) is 1. The lowest BCUT2D eigenvalue weighted by Gasteiger charge is -2.35. The van der Waals surface area contributed by atoms with Crippen LogP contribution in [0.5, 0.6) is 0 Å². The quantitative estimate of drug-likeness (QED) is 0.426. The van der Waals surface area contributed by atoms with Crippen molar-refractivity contribution < 1.29 is 19.2 Å². The average Bonchev–Trinajstić information content (AvgIpc) is 2.56. The Bertz CT molecular complexity index is 446. The van der Waals surface area contributed by atoms with E-state index in [4.69, 9.17) is 5.73 Å². The molecule has 0 heterocycles. The van der Waals surface area contributed by atoms with Gasteiger partial charge in [0.25, 0.3) is 0 Å². The minimum Gasteiger partial charge on any atom is -0.352 e. The zero-order valence-electron chi connectivity index (χ0n) is 17.2. The van der Waals surface area contributed by atoms with Gasteiger partial charge in [-0.15, -0.1) is 0 Å². The van der Waals surface area contributed by atoms with Gasteiger partial charge >= 0.3 is 6.03 Å². The summed E-state index contributed by atoms with van der Waals surface area (Å²) >= 11 is 0. The molecule has 0 aromatic rings. The number of carbonyl (C=O) groups excluding carboxylic acids is 4. The van der Waals surface area contributed by atoms with Crippen LogP contribution in [0.2, 0.25) is 0 Å². The highest BCUT2D eigenvalue weighted by molar-refractivity contribution is 5.87. The van der Waals surface area contributed by atoms with Gasteiger partial charge in [-0.05, 0) is 32.6 Å². The molecule has 4 N–H and O–H groups in total. The van der Waals surface area contributed by atoms with Gasteiger partial charge in [0, 0.05) is 17.9 Å². The van der Waals surface area contributed by atoms with Crippen molar-refractivity contribution in [1.82, 2.24) is 10.6 Å². The lowest BCUT2D eigenvalue weighted by Crippen LogP contribution is -2.39. The van der Waals surface area contributed by atoms with E-state index >= 15 is 0 Å². The Balaban J connectivity index is 0. The van der Waals surface area contributed by atoms with E-state index in [1.54, 1.807) is 20.8 Å². The standard InChI is InChI=1S/C10H19N3O3.C7H12O.C2H6/c1-7(2)9(15)8(13-6-14)4-3-5-12-10(11)16;1-6(8)7(2)4-3-5-7;1-2/h6-8H,3-5H2,1-2H3,(H,13,14)(H3,11,12,16);3-5H2,1-2H3;1-2H3. The number of hydrogen-bond donors (Lipinski definition) is 3. The minimum atomic E-state index is -0.588. The van der Waals surface area contributed by atoms with Gasteiger partial charge in [0.1, 0.15) is 5.78 Å². The fourth-order valence-electron chi connectivity index (χ4n) is 2.37. The van der Waals surface area contributed by atoms with Crippen LogP contribution in [0.1, 0.15) is 73.6 Å². The first kappa shape index (κ1) is 26.3. The van der Waals surface area contributed by atoms with Gasteiger partial charge in [0.2, 0.25) is 6.41 Å². The Kier molecular flexibility index (Phi) is 14.4. The molecule has 3 amide bonds. The molecular weight excluding hydrogens is 334 g/mol. The molecule has 7 nitrogen and oxygen atoms in total. The summed E-state index contributed by atoms with van der Waals surface area (Å²) < 4.78 is 0. The number of nitrogens with one attached hydrogen (secondary N) is 2. The maximum atomic E-state index is 11.6. The molecule has 0 saturated heterocycles. The fraction of sp³-hybridized carbons (Fsp3) is 0.789. The monoisotopic (exact) mass is 371 g/mol. The first-order chi connectivity index (χ1) is 12.1. The van der Waals surface area contributed by atoms with Crippen LogP contribution in [0, 0.1) is 11.3 Å². The van der Waals surface area contributed by atoms with Crippen molar-refractivity contribution in [3.05, 3.63) is 0 Å². The van der Waals surface area contributed by atoms with Crippen molar-refractivity contribution in [3.63, 3.8) is 0 Å². The maximum Gasteiger partial charge on any atom is 0.312 e. The van der Waals surface area contributed by atoms with Gasteiger partial charge in [-0.3, -0.25) is 14.4 Å². The molecule has 1 aliphatic rings. The normalized spacial score (nSPS) is 15.0. The van der Waals surface area contributed by atoms with E-state index in [-0.39, 0.29) is 17.1 Å². The van der Waals surface area contributed by atoms with E-state index in [2.05, 4.69) is 17.6 Å². The van der Waals surface area contributed by atoms with Crippen molar-refractivity contribution in [2.24, 2.45) is 17.1 Å². The van der Waals surface area contributed by atoms with Gasteiger partial charge in [-0.1, -0.05) is 41.0 Å². The molecular formula is C19H37N3O4. The summed E-state index contributed by atoms with van der Waals surface area (Å²) in [5.74, 6) is 0.233. The molecule has 0 bridgehead atoms. The van der Waals surface area contributed by atoms with E-state index in [1.165, 1.54) is 6.42 Å². The third kappa shape index (κ3) is 10.8. The van der Waals surface area contributed by atoms with E-state index in [0.717, 1.165) is 12.8 Å². The van der Waals surface area contributed by atoms with Crippen LogP contribution in [0.15, 0.2) is 0 Å². The molecule has 1 aliphatic carbocycles. The number of primary amides is 1. The largest absolute Gasteiger partial charge is 0.352 e. The van der Waals surface area contributed by atoms with Crippen LogP contribution < -0.4 is 16.4 Å². The van der Waals surface area contributed by atoms with Crippen LogP contribution in [0.25, 0.3) is 0 Å². The van der Waals surface area contributed by atoms with Crippen LogP contribution >= 0.6 is 0 Å². The van der Waals surface area contributed by atoms with E-state index < -0.39 is 12.1 Å². The highest BCUT2D eigenvalue weighted by atomic mass is 16.2. The fourth-order valence-corrected chi connectivity index (χ4v) is 2.37. The predicted octanol–water partition coefficient (Wildman–Crippen LogP) is 2.57. The van der Waals surface area contributed by atoms with Crippen molar-refractivity contribution in [2.45, 2.75) is 79.7 Å². The lowest BCUT2D eigenvalue weighted by molar-refractivity contribution is -0.129. The third-order valence-electron chi connectivity index (χ3n) is 4.46. The second-order valence-electron chi connectivity index (χ2n) is 6.80. The first-order valence-corrected chi connectivity index (χ1v) is 9.42. The van der Waals surface area contributed by atoms with Crippen LogP contribution in [0.4, 0.5) is 4.79 Å². The summed E-state index contributed by atoms with van der Waals surface area (Å²) in [5.41, 5.74) is 4.97. The van der Waals surface area contributed by atoms with Crippen LogP contribution in [-0.2, 0) is 14.4 Å². The van der Waals surface area contributed by atoms with E-state index in [1.807, 2.05) is 13.8 Å². The molecule has 0 radical (unpaired) electrons. The second kappa shape index (κ2) is 14.3. The molecule has 0 spiro atoms. The molecule has 1 fully saturated rings. The highest BCUT2D eigenvalue weighted by Crippen LogP contribution is 2.40. The number of urea groups is 1. The number of ketones is 2. The summed E-state index contributed by atoms with van der Waals surface area (Å²) in [4.78, 5) is 43.1. The van der Waals surface area contributed by atoms with Crippen LogP contribution in [-0.4, -0.2) is 36.6 Å². The molecule has 0 aromatic heterocycles. The second-order valence-corrected chi connectivity index (χ2v) is 6.80. The van der Waals surface area contributed by atoms with Crippen molar-refractivity contribution >= 4 is 24.0 Å². The first-order valence-electron chi connectivity index (χ1n) is 9.42. The van der Waals surface area contributed by atoms with Gasteiger partial charge in [-0.2, -0.15) is 0 Å². The number of carbonyl (C=O) groups is 4. The Morgan fingerprint density at radius 3 is 2.00 bits per heavy atom. The molecule has 1 rings (SSSR count). The van der Waals surface area contributed by atoms with Crippen molar-refractivity contribution in [3.8, 4) is 0 Å². The molecule has 0 aliphatic heterocycles. The van der Waals surface area contributed by atoms with E-state index in [9.17, 15) is 19.2 Å². The predicted molar refractivity (Wildman–Crippen MR) is 104 cm³/mol. The van der Waals surface area contributed by atoms with Gasteiger partial charge in [0.05, 0.1) is 6.04 Å². The molecule has 1 unspecified atom stereocenters. The molecule has 1 atom stereocenters. The zero-order valence-corrected chi connectivity index (χ0v) is 17.2. The number of amides is 3. The number of hydrogen-bond acceptors (Lipinski definition) is 4. The van der Waals surface area contributed by atoms with Crippen LogP contribution in [0.3, 0.4) is 0 Å². The Labute approximate surface area is 157 Å². The zero-order chi connectivity index (χ0) is 20.8. The van der Waals surface area contributed by atoms with Gasteiger partial charge in [0.15, 0.2) is 5.78 Å². The summed E-state index contributed by atoms with van der Waals surface area (Å²) in [6.45, 7) is 11.7. The van der Waals surface area contributed by atoms with Gasteiger partial charge < -0.3 is 16.4 Å². The average molecular weight is 372 g/mol. The topological polar surface area (TPSA) is 118 Å². The van der Waals surface area contributed by atoms with Gasteiger partial charge in [-0.25, -0.2) is 4.79 Å². The maximum absolute atomic E-state index is 11.6. The molecule has 7 heteroatoms. The SMILES string of the molecule is CC.CC(=O)C1(C)CCC1.CC(C)C(=O)C(CCCNC(N)=O)NC=O. The lowest BCUT2D eigenvalue weighted by atomic mass is 9.68. The summed E-state index contributed by atoms with van der Waals surface area (Å²) in [6.07, 6.45) is 5.08. The van der Waals surface area contributed by atoms with Crippen molar-refractivity contribution in [2.75, 3.05) is 6.54 Å². The summed E-state index contributed by atoms with van der Waals surface area (Å²) in [5, 5.41) is 4.90. The highest BCUT2D eigenvalue weighted by Gasteiger charge is 2.35. The molecule has 0 aromatic carbocycles. The summed E-state index contributed by atoms with van der Waals surface area (Å²) in [7, 11) is 0. The smallest absolute Gasteiger partial charge is 0.312 e.